The number of nitro groups is 1. The highest BCUT2D eigenvalue weighted by Crippen LogP contribution is 2.24. The average Bonchev–Trinajstić information content (AvgIpc) is 3.17. The van der Waals surface area contributed by atoms with Crippen LogP contribution < -0.4 is 0 Å². The molecule has 27 heavy (non-hydrogen) atoms. The van der Waals surface area contributed by atoms with Gasteiger partial charge in [0.2, 0.25) is 0 Å². The number of benzene rings is 2. The van der Waals surface area contributed by atoms with Crippen LogP contribution in [0, 0.1) is 10.1 Å². The van der Waals surface area contributed by atoms with Crippen molar-refractivity contribution in [3.8, 4) is 11.3 Å². The Morgan fingerprint density at radius 3 is 2.41 bits per heavy atom. The number of unbranched alkanes of at least 4 members (excludes halogenated alkanes) is 2. The molecule has 0 amide bonds. The van der Waals surface area contributed by atoms with Gasteiger partial charge in [-0.3, -0.25) is 15.1 Å². The Labute approximate surface area is 158 Å². The summed E-state index contributed by atoms with van der Waals surface area (Å²) in [5.74, 6) is 1.29. The summed E-state index contributed by atoms with van der Waals surface area (Å²) in [5.41, 5.74) is 3.06. The zero-order chi connectivity index (χ0) is 19.1. The summed E-state index contributed by atoms with van der Waals surface area (Å²) in [6.45, 7) is 2.21. The molecule has 0 fully saturated rings. The van der Waals surface area contributed by atoms with E-state index in [2.05, 4.69) is 24.0 Å². The summed E-state index contributed by atoms with van der Waals surface area (Å²) in [4.78, 5) is 14.8. The molecule has 5 heteroatoms. The third kappa shape index (κ3) is 5.14. The van der Waals surface area contributed by atoms with Crippen LogP contribution in [0.2, 0.25) is 0 Å². The fourth-order valence-corrected chi connectivity index (χ4v) is 2.79. The molecule has 0 aliphatic heterocycles. The highest BCUT2D eigenvalue weighted by molar-refractivity contribution is 5.80. The van der Waals surface area contributed by atoms with Gasteiger partial charge in [-0.25, -0.2) is 0 Å². The third-order valence-corrected chi connectivity index (χ3v) is 4.34. The van der Waals surface area contributed by atoms with E-state index in [0.29, 0.717) is 11.5 Å². The Morgan fingerprint density at radius 2 is 1.74 bits per heavy atom. The predicted octanol–water partition coefficient (Wildman–Crippen LogP) is 6.34. The smallest absolute Gasteiger partial charge is 0.269 e. The normalized spacial score (nSPS) is 11.1. The van der Waals surface area contributed by atoms with Gasteiger partial charge in [0.25, 0.3) is 5.69 Å². The number of rotatable bonds is 8. The molecule has 0 aliphatic carbocycles. The third-order valence-electron chi connectivity index (χ3n) is 4.34. The van der Waals surface area contributed by atoms with E-state index >= 15 is 0 Å². The number of aliphatic imine (C=N–C) groups is 1. The van der Waals surface area contributed by atoms with Gasteiger partial charge in [-0.15, -0.1) is 0 Å². The number of hydrogen-bond acceptors (Lipinski definition) is 4. The van der Waals surface area contributed by atoms with E-state index in [1.165, 1.54) is 37.0 Å². The molecule has 3 aromatic rings. The van der Waals surface area contributed by atoms with Crippen molar-refractivity contribution >= 4 is 17.6 Å². The van der Waals surface area contributed by atoms with E-state index in [9.17, 15) is 10.1 Å². The molecule has 0 spiro atoms. The molecule has 0 unspecified atom stereocenters. The highest BCUT2D eigenvalue weighted by Gasteiger charge is 2.07. The van der Waals surface area contributed by atoms with Gasteiger partial charge in [-0.05, 0) is 54.8 Å². The van der Waals surface area contributed by atoms with Crippen LogP contribution >= 0.6 is 0 Å². The quantitative estimate of drug-likeness (QED) is 0.203. The molecule has 1 aromatic heterocycles. The van der Waals surface area contributed by atoms with E-state index in [1.807, 2.05) is 24.3 Å². The number of hydrogen-bond donors (Lipinski definition) is 0. The Bertz CT molecular complexity index is 909. The molecule has 0 radical (unpaired) electrons. The van der Waals surface area contributed by atoms with Gasteiger partial charge in [-0.2, -0.15) is 0 Å². The zero-order valence-electron chi connectivity index (χ0n) is 15.3. The average molecular weight is 362 g/mol. The molecule has 138 valence electrons. The van der Waals surface area contributed by atoms with Gasteiger partial charge in [0.05, 0.1) is 16.8 Å². The van der Waals surface area contributed by atoms with E-state index in [1.54, 1.807) is 18.3 Å². The maximum Gasteiger partial charge on any atom is 0.269 e. The Kier molecular flexibility index (Phi) is 6.15. The first-order valence-electron chi connectivity index (χ1n) is 9.13. The van der Waals surface area contributed by atoms with Crippen LogP contribution in [0.3, 0.4) is 0 Å². The largest absolute Gasteiger partial charge is 0.455 e. The maximum absolute atomic E-state index is 10.7. The van der Waals surface area contributed by atoms with Crippen molar-refractivity contribution in [3.63, 3.8) is 0 Å². The van der Waals surface area contributed by atoms with Gasteiger partial charge in [0.15, 0.2) is 0 Å². The summed E-state index contributed by atoms with van der Waals surface area (Å²) in [6.07, 6.45) is 6.50. The summed E-state index contributed by atoms with van der Waals surface area (Å²) < 4.78 is 5.76. The first-order valence-corrected chi connectivity index (χ1v) is 9.13. The SMILES string of the molecule is CCCCCc1ccc(N=Cc2ccc(-c3ccc([N+](=O)[O-])cc3)o2)cc1. The van der Waals surface area contributed by atoms with Crippen LogP contribution in [-0.4, -0.2) is 11.1 Å². The van der Waals surface area contributed by atoms with Crippen LogP contribution in [0.25, 0.3) is 11.3 Å². The topological polar surface area (TPSA) is 68.6 Å². The molecule has 2 aromatic carbocycles. The number of furan rings is 1. The van der Waals surface area contributed by atoms with Crippen molar-refractivity contribution in [1.29, 1.82) is 0 Å². The second kappa shape index (κ2) is 8.94. The van der Waals surface area contributed by atoms with Gasteiger partial charge in [-0.1, -0.05) is 31.9 Å². The minimum atomic E-state index is -0.418. The molecule has 0 aliphatic rings. The van der Waals surface area contributed by atoms with Crippen LogP contribution in [0.4, 0.5) is 11.4 Å². The second-order valence-electron chi connectivity index (χ2n) is 6.39. The lowest BCUT2D eigenvalue weighted by molar-refractivity contribution is -0.384. The molecular formula is C22H22N2O3. The predicted molar refractivity (Wildman–Crippen MR) is 108 cm³/mol. The van der Waals surface area contributed by atoms with Gasteiger partial charge < -0.3 is 4.42 Å². The fourth-order valence-electron chi connectivity index (χ4n) is 2.79. The molecule has 0 bridgehead atoms. The Hall–Kier alpha value is -3.21. The van der Waals surface area contributed by atoms with Gasteiger partial charge in [0, 0.05) is 17.7 Å². The Morgan fingerprint density at radius 1 is 1.00 bits per heavy atom. The van der Waals surface area contributed by atoms with Crippen molar-refractivity contribution in [2.75, 3.05) is 0 Å². The number of nitrogens with zero attached hydrogens (tertiary/aromatic N) is 2. The molecular weight excluding hydrogens is 340 g/mol. The zero-order valence-corrected chi connectivity index (χ0v) is 15.3. The van der Waals surface area contributed by atoms with E-state index in [-0.39, 0.29) is 5.69 Å². The second-order valence-corrected chi connectivity index (χ2v) is 6.39. The van der Waals surface area contributed by atoms with E-state index in [0.717, 1.165) is 17.7 Å². The van der Waals surface area contributed by atoms with Crippen molar-refractivity contribution in [1.82, 2.24) is 0 Å². The van der Waals surface area contributed by atoms with Crippen LogP contribution in [-0.2, 0) is 6.42 Å². The maximum atomic E-state index is 10.7. The number of nitro benzene ring substituents is 1. The van der Waals surface area contributed by atoms with Crippen LogP contribution in [0.5, 0.6) is 0 Å². The van der Waals surface area contributed by atoms with Crippen LogP contribution in [0.1, 0.15) is 37.5 Å². The lowest BCUT2D eigenvalue weighted by atomic mass is 10.1. The fraction of sp³-hybridized carbons (Fsp3) is 0.227. The minimum absolute atomic E-state index is 0.0604. The van der Waals surface area contributed by atoms with Crippen LogP contribution in [0.15, 0.2) is 70.1 Å². The lowest BCUT2D eigenvalue weighted by Crippen LogP contribution is -1.86. The summed E-state index contributed by atoms with van der Waals surface area (Å²) >= 11 is 0. The minimum Gasteiger partial charge on any atom is -0.455 e. The molecule has 5 nitrogen and oxygen atoms in total. The standard InChI is InChI=1S/C22H22N2O3/c1-2-3-4-5-17-6-10-19(11-7-17)23-16-21-14-15-22(27-21)18-8-12-20(13-9-18)24(25)26/h6-16H,2-5H2,1H3. The number of non-ortho nitro benzene ring substituents is 1. The lowest BCUT2D eigenvalue weighted by Gasteiger charge is -2.01. The molecule has 0 saturated heterocycles. The van der Waals surface area contributed by atoms with Gasteiger partial charge in [0.1, 0.15) is 11.5 Å². The molecule has 1 heterocycles. The van der Waals surface area contributed by atoms with Gasteiger partial charge >= 0.3 is 0 Å². The van der Waals surface area contributed by atoms with Crippen molar-refractivity contribution in [3.05, 3.63) is 82.1 Å². The van der Waals surface area contributed by atoms with E-state index < -0.39 is 4.92 Å². The summed E-state index contributed by atoms with van der Waals surface area (Å²) in [5, 5.41) is 10.7. The molecule has 3 rings (SSSR count). The first-order chi connectivity index (χ1) is 13.2. The van der Waals surface area contributed by atoms with E-state index in [4.69, 9.17) is 4.42 Å². The highest BCUT2D eigenvalue weighted by atomic mass is 16.6. The first kappa shape index (κ1) is 18.6. The summed E-state index contributed by atoms with van der Waals surface area (Å²) in [7, 11) is 0. The van der Waals surface area contributed by atoms with Crippen molar-refractivity contribution in [2.24, 2.45) is 4.99 Å². The molecule has 0 atom stereocenters. The monoisotopic (exact) mass is 362 g/mol. The van der Waals surface area contributed by atoms with Crippen molar-refractivity contribution in [2.45, 2.75) is 32.6 Å². The molecule has 0 N–H and O–H groups in total. The number of aryl methyl sites for hydroxylation is 1. The molecule has 0 saturated carbocycles. The Balaban J connectivity index is 1.63. The van der Waals surface area contributed by atoms with Crippen molar-refractivity contribution < 1.29 is 9.34 Å². The summed E-state index contributed by atoms with van der Waals surface area (Å²) in [6, 6.07) is 18.2.